The first-order chi connectivity index (χ1) is 11.6. The second-order valence-corrected chi connectivity index (χ2v) is 8.67. The maximum atomic E-state index is 13.2. The number of nitriles is 2. The molecule has 24 heavy (non-hydrogen) atoms. The van der Waals surface area contributed by atoms with Gasteiger partial charge in [0.1, 0.15) is 5.92 Å². The number of allylic oxidation sites excluding steroid dienone is 1. The Labute approximate surface area is 146 Å². The summed E-state index contributed by atoms with van der Waals surface area (Å²) in [6, 6.07) is 4.56. The van der Waals surface area contributed by atoms with Crippen molar-refractivity contribution in [3.8, 4) is 12.1 Å². The molecule has 4 aliphatic rings. The first-order valence-electron chi connectivity index (χ1n) is 8.86. The van der Waals surface area contributed by atoms with Crippen LogP contribution >= 0.6 is 11.8 Å². The zero-order valence-electron chi connectivity index (χ0n) is 13.6. The largest absolute Gasteiger partial charge is 0.369 e. The van der Waals surface area contributed by atoms with Gasteiger partial charge >= 0.3 is 0 Å². The molecule has 1 saturated heterocycles. The molecule has 1 N–H and O–H groups in total. The van der Waals surface area contributed by atoms with Crippen molar-refractivity contribution in [3.63, 3.8) is 0 Å². The van der Waals surface area contributed by atoms with Gasteiger partial charge in [-0.25, -0.2) is 0 Å². The molecule has 1 amide bonds. The Balaban J connectivity index is 1.91. The maximum absolute atomic E-state index is 13.2. The van der Waals surface area contributed by atoms with Crippen molar-refractivity contribution in [2.75, 3.05) is 0 Å². The summed E-state index contributed by atoms with van der Waals surface area (Å²) >= 11 is 1.50. The summed E-state index contributed by atoms with van der Waals surface area (Å²) < 4.78 is 0. The summed E-state index contributed by atoms with van der Waals surface area (Å²) in [6.45, 7) is 0. The molecule has 2 aliphatic heterocycles. The lowest BCUT2D eigenvalue weighted by Gasteiger charge is -2.48. The van der Waals surface area contributed by atoms with Crippen LogP contribution in [0.3, 0.4) is 0 Å². The van der Waals surface area contributed by atoms with Crippen molar-refractivity contribution in [2.24, 2.45) is 11.3 Å². The van der Waals surface area contributed by atoms with E-state index < -0.39 is 17.1 Å². The molecule has 2 aliphatic carbocycles. The van der Waals surface area contributed by atoms with Crippen molar-refractivity contribution < 1.29 is 9.90 Å². The topological polar surface area (TPSA) is 88.1 Å². The number of thioether (sulfide) groups is 1. The molecular weight excluding hydrogens is 322 g/mol. The average molecular weight is 343 g/mol. The van der Waals surface area contributed by atoms with Crippen LogP contribution in [0.25, 0.3) is 0 Å². The van der Waals surface area contributed by atoms with Gasteiger partial charge in [-0.15, -0.1) is 0 Å². The van der Waals surface area contributed by atoms with Crippen LogP contribution in [0.4, 0.5) is 0 Å². The molecule has 2 saturated carbocycles. The molecule has 6 heteroatoms. The van der Waals surface area contributed by atoms with Gasteiger partial charge in [0.25, 0.3) is 0 Å². The third kappa shape index (κ3) is 1.87. The van der Waals surface area contributed by atoms with Gasteiger partial charge in [0.05, 0.1) is 28.0 Å². The van der Waals surface area contributed by atoms with E-state index in [1.54, 1.807) is 0 Å². The molecule has 0 bridgehead atoms. The highest BCUT2D eigenvalue weighted by Crippen LogP contribution is 2.61. The van der Waals surface area contributed by atoms with E-state index in [1.807, 2.05) is 0 Å². The normalized spacial score (nSPS) is 37.6. The van der Waals surface area contributed by atoms with Gasteiger partial charge in [0, 0.05) is 5.41 Å². The Bertz CT molecular complexity index is 698. The molecule has 126 valence electrons. The number of hydrogen-bond acceptors (Lipinski definition) is 5. The van der Waals surface area contributed by atoms with Crippen LogP contribution < -0.4 is 0 Å². The van der Waals surface area contributed by atoms with Crippen molar-refractivity contribution in [1.29, 1.82) is 10.5 Å². The van der Waals surface area contributed by atoms with Crippen LogP contribution in [0.2, 0.25) is 0 Å². The minimum absolute atomic E-state index is 0.0772. The lowest BCUT2D eigenvalue weighted by atomic mass is 9.60. The number of rotatable bonds is 0. The molecule has 3 fully saturated rings. The molecule has 5 nitrogen and oxygen atoms in total. The third-order valence-corrected chi connectivity index (χ3v) is 7.85. The molecular formula is C18H21N3O2S. The highest BCUT2D eigenvalue weighted by molar-refractivity contribution is 8.04. The highest BCUT2D eigenvalue weighted by atomic mass is 32.2. The van der Waals surface area contributed by atoms with Gasteiger partial charge < -0.3 is 5.11 Å². The van der Waals surface area contributed by atoms with Crippen molar-refractivity contribution in [3.05, 3.63) is 10.6 Å². The van der Waals surface area contributed by atoms with Crippen molar-refractivity contribution >= 4 is 17.7 Å². The summed E-state index contributed by atoms with van der Waals surface area (Å²) in [5.74, 6) is -1.13. The Kier molecular flexibility index (Phi) is 3.67. The Morgan fingerprint density at radius 2 is 1.83 bits per heavy atom. The van der Waals surface area contributed by atoms with E-state index in [9.17, 15) is 20.4 Å². The molecule has 3 atom stereocenters. The van der Waals surface area contributed by atoms with E-state index in [1.165, 1.54) is 16.7 Å². The minimum Gasteiger partial charge on any atom is -0.369 e. The summed E-state index contributed by atoms with van der Waals surface area (Å²) in [5.41, 5.74) is -1.27. The number of carbonyl (C=O) groups excluding carboxylic acids is 1. The van der Waals surface area contributed by atoms with Gasteiger partial charge in [-0.05, 0) is 32.1 Å². The molecule has 0 unspecified atom stereocenters. The van der Waals surface area contributed by atoms with Crippen molar-refractivity contribution in [1.82, 2.24) is 4.90 Å². The second kappa shape index (κ2) is 5.51. The summed E-state index contributed by atoms with van der Waals surface area (Å²) in [5, 5.41) is 31.5. The van der Waals surface area contributed by atoms with E-state index >= 15 is 0 Å². The van der Waals surface area contributed by atoms with E-state index in [-0.39, 0.29) is 11.2 Å². The molecule has 1 spiro atoms. The molecule has 2 heterocycles. The van der Waals surface area contributed by atoms with Crippen molar-refractivity contribution in [2.45, 2.75) is 68.8 Å². The van der Waals surface area contributed by atoms with Gasteiger partial charge in [0.15, 0.2) is 5.72 Å². The number of hydrogen-bond donors (Lipinski definition) is 1. The number of amides is 1. The van der Waals surface area contributed by atoms with Crippen LogP contribution in [-0.2, 0) is 4.79 Å². The fourth-order valence-corrected chi connectivity index (χ4v) is 6.81. The SMILES string of the molecule is N#CC1=C2S[C@@H]3CCCC[C@]3(O)N2C(=O)[C@H](C#N)C12CCCCC2. The predicted octanol–water partition coefficient (Wildman–Crippen LogP) is 3.03. The van der Waals surface area contributed by atoms with Gasteiger partial charge in [-0.2, -0.15) is 10.5 Å². The quantitative estimate of drug-likeness (QED) is 0.730. The lowest BCUT2D eigenvalue weighted by Crippen LogP contribution is -2.59. The van der Waals surface area contributed by atoms with Crippen LogP contribution in [0.5, 0.6) is 0 Å². The first-order valence-corrected chi connectivity index (χ1v) is 9.74. The zero-order valence-corrected chi connectivity index (χ0v) is 14.4. The van der Waals surface area contributed by atoms with E-state index in [4.69, 9.17) is 0 Å². The lowest BCUT2D eigenvalue weighted by molar-refractivity contribution is -0.162. The standard InChI is InChI=1S/C18H21N3O2S/c19-10-12-15(22)21-16(24-14-6-2-5-9-18(14,21)23)13(11-20)17(12)7-3-1-4-8-17/h12,14,23H,1-9H2/t12-,14+,18+/m0/s1. The third-order valence-electron chi connectivity index (χ3n) is 6.34. The van der Waals surface area contributed by atoms with Gasteiger partial charge in [-0.1, -0.05) is 37.4 Å². The molecule has 4 rings (SSSR count). The summed E-state index contributed by atoms with van der Waals surface area (Å²) in [4.78, 5) is 14.7. The number of fused-ring (bicyclic) bond motifs is 3. The van der Waals surface area contributed by atoms with E-state index in [0.717, 1.165) is 51.4 Å². The predicted molar refractivity (Wildman–Crippen MR) is 88.9 cm³/mol. The smallest absolute Gasteiger partial charge is 0.248 e. The van der Waals surface area contributed by atoms with E-state index in [2.05, 4.69) is 12.1 Å². The van der Waals surface area contributed by atoms with Crippen LogP contribution in [0, 0.1) is 34.0 Å². The summed E-state index contributed by atoms with van der Waals surface area (Å²) in [6.07, 6.45) is 7.71. The molecule has 0 aromatic heterocycles. The number of carbonyl (C=O) groups is 1. The number of nitrogens with zero attached hydrogens (tertiary/aromatic N) is 3. The highest BCUT2D eigenvalue weighted by Gasteiger charge is 2.63. The fraction of sp³-hybridized carbons (Fsp3) is 0.722. The van der Waals surface area contributed by atoms with Crippen LogP contribution in [-0.4, -0.2) is 26.9 Å². The maximum Gasteiger partial charge on any atom is 0.248 e. The van der Waals surface area contributed by atoms with Gasteiger partial charge in [-0.3, -0.25) is 9.69 Å². The first kappa shape index (κ1) is 16.0. The Morgan fingerprint density at radius 3 is 2.50 bits per heavy atom. The minimum atomic E-state index is -1.22. The van der Waals surface area contributed by atoms with Crippen LogP contribution in [0.1, 0.15) is 57.8 Å². The molecule has 0 radical (unpaired) electrons. The molecule has 0 aromatic carbocycles. The zero-order chi connectivity index (χ0) is 16.9. The fourth-order valence-electron chi connectivity index (χ4n) is 5.12. The Hall–Kier alpha value is -1.50. The van der Waals surface area contributed by atoms with E-state index in [0.29, 0.717) is 17.0 Å². The average Bonchev–Trinajstić information content (AvgIpc) is 2.89. The van der Waals surface area contributed by atoms with Crippen LogP contribution in [0.15, 0.2) is 10.6 Å². The second-order valence-electron chi connectivity index (χ2n) is 7.48. The number of aliphatic hydroxyl groups is 1. The molecule has 0 aromatic rings. The monoisotopic (exact) mass is 343 g/mol. The summed E-state index contributed by atoms with van der Waals surface area (Å²) in [7, 11) is 0. The van der Waals surface area contributed by atoms with Gasteiger partial charge in [0.2, 0.25) is 5.91 Å². The Morgan fingerprint density at radius 1 is 1.12 bits per heavy atom.